The number of nitrogens with zero attached hydrogens (tertiary/aromatic N) is 1. The summed E-state index contributed by atoms with van der Waals surface area (Å²) < 4.78 is 12.0. The fraction of sp³-hybridized carbons (Fsp3) is 0.463. The number of amides is 3. The van der Waals surface area contributed by atoms with Crippen LogP contribution in [0.1, 0.15) is 72.1 Å². The molecular weight excluding hydrogens is 630 g/mol. The Balaban J connectivity index is 2.12. The molecule has 0 aliphatic carbocycles. The molecule has 270 valence electrons. The molecule has 50 heavy (non-hydrogen) atoms. The average molecular weight is 686 g/mol. The first-order valence-corrected chi connectivity index (χ1v) is 17.5. The highest BCUT2D eigenvalue weighted by Crippen LogP contribution is 2.29. The molecular formula is C41H55N3O6. The summed E-state index contributed by atoms with van der Waals surface area (Å²) in [6.45, 7) is 13.1. The van der Waals surface area contributed by atoms with Gasteiger partial charge in [-0.15, -0.1) is 0 Å². The van der Waals surface area contributed by atoms with Crippen molar-refractivity contribution in [2.24, 2.45) is 17.8 Å². The summed E-state index contributed by atoms with van der Waals surface area (Å²) in [6.07, 6.45) is 7.40. The number of methoxy groups -OCH3 is 1. The fourth-order valence-electron chi connectivity index (χ4n) is 6.15. The van der Waals surface area contributed by atoms with Crippen molar-refractivity contribution in [2.45, 2.75) is 91.6 Å². The molecule has 9 heteroatoms. The highest BCUT2D eigenvalue weighted by molar-refractivity contribution is 5.98. The maximum atomic E-state index is 14.1. The van der Waals surface area contributed by atoms with Crippen LogP contribution in [0, 0.1) is 17.8 Å². The van der Waals surface area contributed by atoms with Crippen LogP contribution < -0.4 is 10.6 Å². The van der Waals surface area contributed by atoms with E-state index in [2.05, 4.69) is 10.6 Å². The van der Waals surface area contributed by atoms with Crippen LogP contribution in [0.2, 0.25) is 0 Å². The van der Waals surface area contributed by atoms with E-state index in [1.54, 1.807) is 21.1 Å². The van der Waals surface area contributed by atoms with Crippen molar-refractivity contribution in [3.63, 3.8) is 0 Å². The Labute approximate surface area is 298 Å². The van der Waals surface area contributed by atoms with E-state index in [0.29, 0.717) is 12.0 Å². The molecule has 3 amide bonds. The summed E-state index contributed by atoms with van der Waals surface area (Å²) in [5.74, 6) is -2.67. The Morgan fingerprint density at radius 1 is 0.880 bits per heavy atom. The number of carbonyl (C=O) groups is 4. The summed E-state index contributed by atoms with van der Waals surface area (Å²) in [5.41, 5.74) is 3.08. The number of esters is 1. The molecule has 0 bridgehead atoms. The quantitative estimate of drug-likeness (QED) is 0.354. The summed E-state index contributed by atoms with van der Waals surface area (Å²) in [5, 5.41) is 5.83. The van der Waals surface area contributed by atoms with E-state index in [0.717, 1.165) is 16.7 Å². The first-order valence-electron chi connectivity index (χ1n) is 17.5. The van der Waals surface area contributed by atoms with E-state index in [1.807, 2.05) is 127 Å². The molecule has 1 aliphatic heterocycles. The van der Waals surface area contributed by atoms with Gasteiger partial charge in [0, 0.05) is 32.1 Å². The number of allylic oxidation sites excluding steroid dienone is 2. The lowest BCUT2D eigenvalue weighted by Gasteiger charge is -2.32. The summed E-state index contributed by atoms with van der Waals surface area (Å²) in [7, 11) is 3.23. The lowest BCUT2D eigenvalue weighted by molar-refractivity contribution is -0.156. The summed E-state index contributed by atoms with van der Waals surface area (Å²) in [6, 6.07) is 16.0. The second kappa shape index (κ2) is 19.0. The van der Waals surface area contributed by atoms with Crippen molar-refractivity contribution in [2.75, 3.05) is 14.2 Å². The van der Waals surface area contributed by atoms with E-state index in [4.69, 9.17) is 9.47 Å². The number of hydrogen-bond donors (Lipinski definition) is 2. The van der Waals surface area contributed by atoms with Crippen LogP contribution in [0.4, 0.5) is 0 Å². The molecule has 0 unspecified atom stereocenters. The van der Waals surface area contributed by atoms with E-state index in [9.17, 15) is 19.2 Å². The number of carbonyl (C=O) groups excluding carboxylic acids is 4. The van der Waals surface area contributed by atoms with Crippen LogP contribution >= 0.6 is 0 Å². The molecule has 1 heterocycles. The van der Waals surface area contributed by atoms with Crippen LogP contribution in [-0.4, -0.2) is 67.0 Å². The first kappa shape index (κ1) is 39.9. The van der Waals surface area contributed by atoms with Gasteiger partial charge in [0.1, 0.15) is 24.2 Å². The number of likely N-dealkylation sites (N-methyl/N-ethyl adjacent to an activating group) is 1. The van der Waals surface area contributed by atoms with Crippen molar-refractivity contribution in [1.82, 2.24) is 15.5 Å². The van der Waals surface area contributed by atoms with Gasteiger partial charge in [0.2, 0.25) is 17.7 Å². The smallest absolute Gasteiger partial charge is 0.329 e. The topological polar surface area (TPSA) is 114 Å². The molecule has 2 aromatic rings. The van der Waals surface area contributed by atoms with Crippen LogP contribution in [0.5, 0.6) is 0 Å². The third-order valence-electron chi connectivity index (χ3n) is 9.16. The van der Waals surface area contributed by atoms with Gasteiger partial charge in [-0.1, -0.05) is 120 Å². The molecule has 0 saturated carbocycles. The van der Waals surface area contributed by atoms with Crippen LogP contribution in [0.25, 0.3) is 0 Å². The van der Waals surface area contributed by atoms with Gasteiger partial charge < -0.3 is 25.0 Å². The predicted molar refractivity (Wildman–Crippen MR) is 197 cm³/mol. The van der Waals surface area contributed by atoms with Crippen molar-refractivity contribution in [3.8, 4) is 0 Å². The molecule has 1 aliphatic rings. The van der Waals surface area contributed by atoms with Gasteiger partial charge in [0.25, 0.3) is 0 Å². The molecule has 0 aromatic heterocycles. The van der Waals surface area contributed by atoms with Gasteiger partial charge >= 0.3 is 5.97 Å². The van der Waals surface area contributed by atoms with Crippen LogP contribution in [0.15, 0.2) is 96.1 Å². The molecule has 2 aromatic carbocycles. The van der Waals surface area contributed by atoms with E-state index >= 15 is 0 Å². The largest absolute Gasteiger partial charge is 0.455 e. The number of benzene rings is 2. The highest BCUT2D eigenvalue weighted by atomic mass is 16.5. The lowest BCUT2D eigenvalue weighted by atomic mass is 9.95. The molecule has 6 atom stereocenters. The number of rotatable bonds is 6. The zero-order chi connectivity index (χ0) is 37.0. The monoisotopic (exact) mass is 685 g/mol. The highest BCUT2D eigenvalue weighted by Gasteiger charge is 2.36. The SMILES string of the molecule is CO[C@@H]1C/C=C(\C)C(=O)N(C)[C@@H](C(C)C)C(=O)N[C@H](Cc2ccccc2)C(=O)N[C@@H](C(C)C)C(=O)O[C@H](c2ccccc2)[C@H](C)/C=C/C=C\1C. The normalized spacial score (nSPS) is 28.0. The van der Waals surface area contributed by atoms with E-state index in [-0.39, 0.29) is 36.2 Å². The maximum absolute atomic E-state index is 14.1. The zero-order valence-corrected chi connectivity index (χ0v) is 31.0. The second-order valence-corrected chi connectivity index (χ2v) is 13.9. The Morgan fingerprint density at radius 2 is 1.50 bits per heavy atom. The zero-order valence-electron chi connectivity index (χ0n) is 31.0. The molecule has 0 spiro atoms. The third-order valence-corrected chi connectivity index (χ3v) is 9.16. The molecule has 0 fully saturated rings. The predicted octanol–water partition coefficient (Wildman–Crippen LogP) is 6.13. The number of ether oxygens (including phenoxy) is 2. The minimum absolute atomic E-state index is 0.179. The van der Waals surface area contributed by atoms with Gasteiger partial charge in [-0.25, -0.2) is 4.79 Å². The number of nitrogens with one attached hydrogen (secondary N) is 2. The standard InChI is InChI=1S/C41H55N3O6/c1-26(2)35-41(48)50-37(32-21-14-11-15-22-32)29(6)18-16-17-28(5)34(49-9)24-23-30(7)40(47)44(8)36(27(3)4)39(46)42-33(38(45)43-35)25-31-19-12-10-13-20-31/h10-23,26-27,29,33-37H,24-25H2,1-9H3,(H,42,46)(H,43,45)/b18-16+,28-17-,30-23+/t29-,33-,34-,35+,36+,37+/m1/s1. The molecule has 0 saturated heterocycles. The molecule has 2 N–H and O–H groups in total. The minimum atomic E-state index is -1.03. The Hall–Kier alpha value is -4.50. The Morgan fingerprint density at radius 3 is 2.08 bits per heavy atom. The molecule has 9 nitrogen and oxygen atoms in total. The lowest BCUT2D eigenvalue weighted by Crippen LogP contribution is -2.58. The first-order chi connectivity index (χ1) is 23.7. The van der Waals surface area contributed by atoms with Gasteiger partial charge in [0.05, 0.1) is 6.10 Å². The van der Waals surface area contributed by atoms with Gasteiger partial charge in [-0.2, -0.15) is 0 Å². The second-order valence-electron chi connectivity index (χ2n) is 13.9. The Kier molecular flexibility index (Phi) is 15.2. The summed E-state index contributed by atoms with van der Waals surface area (Å²) >= 11 is 0. The van der Waals surface area contributed by atoms with Crippen LogP contribution in [-0.2, 0) is 35.1 Å². The van der Waals surface area contributed by atoms with Gasteiger partial charge in [-0.05, 0) is 48.8 Å². The summed E-state index contributed by atoms with van der Waals surface area (Å²) in [4.78, 5) is 57.1. The molecule has 0 radical (unpaired) electrons. The average Bonchev–Trinajstić information content (AvgIpc) is 3.08. The van der Waals surface area contributed by atoms with E-state index in [1.165, 1.54) is 4.90 Å². The van der Waals surface area contributed by atoms with Crippen molar-refractivity contribution in [3.05, 3.63) is 107 Å². The van der Waals surface area contributed by atoms with E-state index < -0.39 is 42.0 Å². The van der Waals surface area contributed by atoms with Crippen LogP contribution in [0.3, 0.4) is 0 Å². The number of cyclic esters (lactones) is 1. The van der Waals surface area contributed by atoms with Gasteiger partial charge in [-0.3, -0.25) is 14.4 Å². The maximum Gasteiger partial charge on any atom is 0.329 e. The van der Waals surface area contributed by atoms with Gasteiger partial charge in [0.15, 0.2) is 0 Å². The van der Waals surface area contributed by atoms with Crippen molar-refractivity contribution in [1.29, 1.82) is 0 Å². The van der Waals surface area contributed by atoms with Crippen molar-refractivity contribution < 1.29 is 28.7 Å². The fourth-order valence-corrected chi connectivity index (χ4v) is 6.15. The number of hydrogen-bond acceptors (Lipinski definition) is 6. The minimum Gasteiger partial charge on any atom is -0.455 e. The Bertz CT molecular complexity index is 1530. The molecule has 3 rings (SSSR count). The van der Waals surface area contributed by atoms with Crippen molar-refractivity contribution >= 4 is 23.7 Å². The third kappa shape index (κ3) is 11.0.